The van der Waals surface area contributed by atoms with E-state index in [4.69, 9.17) is 15.9 Å². The lowest BCUT2D eigenvalue weighted by molar-refractivity contribution is -0.147. The Labute approximate surface area is 199 Å². The van der Waals surface area contributed by atoms with E-state index in [9.17, 15) is 39.0 Å². The summed E-state index contributed by atoms with van der Waals surface area (Å²) in [5.41, 5.74) is 5.92. The molecule has 0 fully saturated rings. The first-order valence-electron chi connectivity index (χ1n) is 10.4. The standard InChI is InChI=1S/C21H28N4O10/c1-10(22)18(31)23-13(6-7-16(27)28)19(32)24-14(8-11-2-4-12(26)5-3-11)20(33)25-15(21(34)35)9-17(29)30/h2-5,10,13-15,26H,6-9,22H2,1H3,(H,23,31)(H,24,32)(H,25,33)(H,27,28)(H,29,30)(H,34,35). The number of hydrogen-bond donors (Lipinski definition) is 8. The Balaban J connectivity index is 3.17. The molecule has 3 amide bonds. The Morgan fingerprint density at radius 2 is 1.31 bits per heavy atom. The zero-order chi connectivity index (χ0) is 26.7. The zero-order valence-corrected chi connectivity index (χ0v) is 18.8. The molecule has 0 spiro atoms. The molecule has 0 aliphatic heterocycles. The van der Waals surface area contributed by atoms with Gasteiger partial charge in [0.05, 0.1) is 12.5 Å². The van der Waals surface area contributed by atoms with Crippen molar-refractivity contribution >= 4 is 35.6 Å². The van der Waals surface area contributed by atoms with Gasteiger partial charge in [-0.2, -0.15) is 0 Å². The van der Waals surface area contributed by atoms with E-state index in [1.807, 2.05) is 5.32 Å². The Hall–Kier alpha value is -4.20. The van der Waals surface area contributed by atoms with Gasteiger partial charge in [0.25, 0.3) is 0 Å². The molecule has 1 aromatic rings. The van der Waals surface area contributed by atoms with E-state index in [0.717, 1.165) is 0 Å². The molecule has 0 radical (unpaired) electrons. The lowest BCUT2D eigenvalue weighted by atomic mass is 10.0. The summed E-state index contributed by atoms with van der Waals surface area (Å²) in [7, 11) is 0. The molecule has 0 bridgehead atoms. The summed E-state index contributed by atoms with van der Waals surface area (Å²) in [5, 5.41) is 43.2. The number of carbonyl (C=O) groups excluding carboxylic acids is 3. The van der Waals surface area contributed by atoms with Gasteiger partial charge in [-0.3, -0.25) is 24.0 Å². The minimum Gasteiger partial charge on any atom is -0.508 e. The SMILES string of the molecule is CC(N)C(=O)NC(CCC(=O)O)C(=O)NC(Cc1ccc(O)cc1)C(=O)NC(CC(=O)O)C(=O)O. The number of nitrogens with one attached hydrogen (secondary N) is 3. The van der Waals surface area contributed by atoms with Crippen LogP contribution < -0.4 is 21.7 Å². The van der Waals surface area contributed by atoms with Crippen molar-refractivity contribution in [2.75, 3.05) is 0 Å². The van der Waals surface area contributed by atoms with Crippen molar-refractivity contribution in [1.29, 1.82) is 0 Å². The van der Waals surface area contributed by atoms with Gasteiger partial charge >= 0.3 is 17.9 Å². The first-order valence-corrected chi connectivity index (χ1v) is 10.4. The maximum Gasteiger partial charge on any atom is 0.326 e. The molecule has 0 aromatic heterocycles. The van der Waals surface area contributed by atoms with Crippen molar-refractivity contribution in [1.82, 2.24) is 16.0 Å². The molecule has 9 N–H and O–H groups in total. The number of rotatable bonds is 14. The van der Waals surface area contributed by atoms with Gasteiger partial charge in [0, 0.05) is 12.8 Å². The highest BCUT2D eigenvalue weighted by atomic mass is 16.4. The number of aromatic hydroxyl groups is 1. The molecule has 1 aromatic carbocycles. The summed E-state index contributed by atoms with van der Waals surface area (Å²) in [4.78, 5) is 70.9. The Morgan fingerprint density at radius 3 is 1.80 bits per heavy atom. The van der Waals surface area contributed by atoms with Gasteiger partial charge in [0.2, 0.25) is 17.7 Å². The summed E-state index contributed by atoms with van der Waals surface area (Å²) in [6.45, 7) is 1.34. The number of phenols is 1. The van der Waals surface area contributed by atoms with Crippen molar-refractivity contribution in [3.8, 4) is 5.75 Å². The molecular formula is C21H28N4O10. The minimum atomic E-state index is -1.79. The van der Waals surface area contributed by atoms with Crippen LogP contribution in [0, 0.1) is 0 Å². The van der Waals surface area contributed by atoms with Crippen molar-refractivity contribution in [2.24, 2.45) is 5.73 Å². The first kappa shape index (κ1) is 28.8. The Bertz CT molecular complexity index is 948. The molecule has 0 saturated carbocycles. The van der Waals surface area contributed by atoms with Crippen LogP contribution in [-0.4, -0.2) is 80.2 Å². The largest absolute Gasteiger partial charge is 0.508 e. The number of benzene rings is 1. The lowest BCUT2D eigenvalue weighted by Crippen LogP contribution is -2.57. The average Bonchev–Trinajstić information content (AvgIpc) is 2.76. The average molecular weight is 496 g/mol. The molecule has 0 aliphatic carbocycles. The van der Waals surface area contributed by atoms with Crippen molar-refractivity contribution in [2.45, 2.75) is 56.8 Å². The lowest BCUT2D eigenvalue weighted by Gasteiger charge is -2.24. The molecule has 1 rings (SSSR count). The van der Waals surface area contributed by atoms with E-state index in [1.54, 1.807) is 0 Å². The van der Waals surface area contributed by atoms with Crippen LogP contribution in [0.3, 0.4) is 0 Å². The first-order chi connectivity index (χ1) is 16.3. The van der Waals surface area contributed by atoms with Gasteiger partial charge in [0.1, 0.15) is 23.9 Å². The maximum absolute atomic E-state index is 12.9. The topological polar surface area (TPSA) is 245 Å². The number of carboxylic acid groups (broad SMARTS) is 3. The van der Waals surface area contributed by atoms with Gasteiger partial charge in [-0.25, -0.2) is 4.79 Å². The van der Waals surface area contributed by atoms with Gasteiger partial charge in [-0.05, 0) is 31.0 Å². The minimum absolute atomic E-state index is 0.0708. The molecule has 35 heavy (non-hydrogen) atoms. The zero-order valence-electron chi connectivity index (χ0n) is 18.8. The second-order valence-corrected chi connectivity index (χ2v) is 7.71. The molecule has 192 valence electrons. The Morgan fingerprint density at radius 1 is 0.800 bits per heavy atom. The summed E-state index contributed by atoms with van der Waals surface area (Å²) < 4.78 is 0. The normalized spacial score (nSPS) is 14.0. The molecule has 0 saturated heterocycles. The van der Waals surface area contributed by atoms with Gasteiger partial charge in [-0.15, -0.1) is 0 Å². The monoisotopic (exact) mass is 496 g/mol. The summed E-state index contributed by atoms with van der Waals surface area (Å²) >= 11 is 0. The molecule has 0 heterocycles. The van der Waals surface area contributed by atoms with E-state index in [0.29, 0.717) is 5.56 Å². The molecule has 14 nitrogen and oxygen atoms in total. The van der Waals surface area contributed by atoms with E-state index in [2.05, 4.69) is 10.6 Å². The fourth-order valence-corrected chi connectivity index (χ4v) is 2.84. The molecule has 4 unspecified atom stereocenters. The number of nitrogens with two attached hydrogens (primary N) is 1. The summed E-state index contributed by atoms with van der Waals surface area (Å²) in [5.74, 6) is -7.13. The number of hydrogen-bond acceptors (Lipinski definition) is 8. The third-order valence-corrected chi connectivity index (χ3v) is 4.70. The molecule has 0 aliphatic rings. The molecule has 14 heteroatoms. The number of aliphatic carboxylic acids is 3. The van der Waals surface area contributed by atoms with Crippen LogP contribution in [0.15, 0.2) is 24.3 Å². The van der Waals surface area contributed by atoms with Crippen LogP contribution in [0.4, 0.5) is 0 Å². The van der Waals surface area contributed by atoms with E-state index < -0.39 is 72.6 Å². The predicted octanol–water partition coefficient (Wildman–Crippen LogP) is -1.84. The van der Waals surface area contributed by atoms with Crippen molar-refractivity contribution in [3.63, 3.8) is 0 Å². The van der Waals surface area contributed by atoms with Crippen LogP contribution in [0.2, 0.25) is 0 Å². The van der Waals surface area contributed by atoms with Crippen LogP contribution >= 0.6 is 0 Å². The summed E-state index contributed by atoms with van der Waals surface area (Å²) in [6, 6.07) is -0.125. The highest BCUT2D eigenvalue weighted by molar-refractivity contribution is 5.94. The van der Waals surface area contributed by atoms with Crippen molar-refractivity contribution in [3.05, 3.63) is 29.8 Å². The Kier molecular flexibility index (Phi) is 11.1. The van der Waals surface area contributed by atoms with Gasteiger partial charge in [0.15, 0.2) is 0 Å². The van der Waals surface area contributed by atoms with E-state index in [-0.39, 0.29) is 18.6 Å². The van der Waals surface area contributed by atoms with E-state index in [1.165, 1.54) is 31.2 Å². The number of carboxylic acids is 3. The predicted molar refractivity (Wildman–Crippen MR) is 118 cm³/mol. The summed E-state index contributed by atoms with van der Waals surface area (Å²) in [6.07, 6.45) is -1.95. The number of phenolic OH excluding ortho intramolecular Hbond substituents is 1. The fourth-order valence-electron chi connectivity index (χ4n) is 2.84. The fraction of sp³-hybridized carbons (Fsp3) is 0.429. The molecule has 4 atom stereocenters. The third-order valence-electron chi connectivity index (χ3n) is 4.70. The highest BCUT2D eigenvalue weighted by Gasteiger charge is 2.31. The quantitative estimate of drug-likeness (QED) is 0.142. The van der Waals surface area contributed by atoms with Crippen LogP contribution in [0.1, 0.15) is 31.7 Å². The van der Waals surface area contributed by atoms with Crippen LogP contribution in [0.25, 0.3) is 0 Å². The number of carbonyl (C=O) groups is 6. The highest BCUT2D eigenvalue weighted by Crippen LogP contribution is 2.12. The van der Waals surface area contributed by atoms with E-state index >= 15 is 0 Å². The van der Waals surface area contributed by atoms with Gasteiger partial charge < -0.3 is 42.1 Å². The van der Waals surface area contributed by atoms with Crippen LogP contribution in [0.5, 0.6) is 5.75 Å². The third kappa shape index (κ3) is 10.5. The second kappa shape index (κ2) is 13.5. The number of amides is 3. The maximum atomic E-state index is 12.9. The molecular weight excluding hydrogens is 468 g/mol. The van der Waals surface area contributed by atoms with Crippen molar-refractivity contribution < 1.29 is 49.2 Å². The second-order valence-electron chi connectivity index (χ2n) is 7.71. The smallest absolute Gasteiger partial charge is 0.326 e. The van der Waals surface area contributed by atoms with Crippen LogP contribution in [-0.2, 0) is 35.2 Å². The van der Waals surface area contributed by atoms with Gasteiger partial charge in [-0.1, -0.05) is 12.1 Å².